The number of alkyl halides is 2. The van der Waals surface area contributed by atoms with Crippen molar-refractivity contribution in [3.05, 3.63) is 28.5 Å². The summed E-state index contributed by atoms with van der Waals surface area (Å²) in [6.45, 7) is 2.22. The van der Waals surface area contributed by atoms with Crippen LogP contribution >= 0.6 is 11.3 Å². The maximum absolute atomic E-state index is 12.4. The third-order valence-corrected chi connectivity index (χ3v) is 7.69. The Morgan fingerprint density at radius 2 is 2.06 bits per heavy atom. The summed E-state index contributed by atoms with van der Waals surface area (Å²) in [5, 5.41) is 4.51. The first-order valence-electron chi connectivity index (χ1n) is 11.6. The number of halogens is 2. The van der Waals surface area contributed by atoms with Crippen molar-refractivity contribution >= 4 is 17.1 Å². The summed E-state index contributed by atoms with van der Waals surface area (Å²) in [5.74, 6) is 1.57. The van der Waals surface area contributed by atoms with Crippen LogP contribution in [0, 0.1) is 11.8 Å². The zero-order valence-corrected chi connectivity index (χ0v) is 19.5. The van der Waals surface area contributed by atoms with Gasteiger partial charge in [-0.15, -0.1) is 0 Å². The molecule has 1 aliphatic heterocycles. The Kier molecular flexibility index (Phi) is 7.88. The molecule has 32 heavy (non-hydrogen) atoms. The van der Waals surface area contributed by atoms with Crippen LogP contribution in [0.15, 0.2) is 12.4 Å². The topological polar surface area (TPSA) is 60.2 Å². The molecule has 6 nitrogen and oxygen atoms in total. The van der Waals surface area contributed by atoms with Gasteiger partial charge >= 0.3 is 0 Å². The monoisotopic (exact) mass is 466 g/mol. The molecule has 2 aliphatic rings. The Labute approximate surface area is 192 Å². The highest BCUT2D eigenvalue weighted by molar-refractivity contribution is 7.13. The molecule has 0 N–H and O–H groups in total. The number of carbonyl (C=O) groups excluding carboxylic acids is 1. The fraction of sp³-hybridized carbons (Fsp3) is 0.696. The molecule has 0 unspecified atom stereocenters. The first-order valence-corrected chi connectivity index (χ1v) is 12.4. The Balaban J connectivity index is 1.14. The van der Waals surface area contributed by atoms with Crippen molar-refractivity contribution < 1.29 is 18.3 Å². The fourth-order valence-electron chi connectivity index (χ4n) is 4.89. The first-order chi connectivity index (χ1) is 15.4. The molecule has 1 aliphatic carbocycles. The van der Waals surface area contributed by atoms with Crippen molar-refractivity contribution in [2.24, 2.45) is 18.9 Å². The standard InChI is InChI=1S/C23H32F2N4O2S/c1-28-13-18(12-26-28)11-19(30)10-17-4-2-16(3-5-17)6-8-29-9-7-21-20(14-29)27-23(32-21)31-15-22(24)25/h12-13,16-17,22H,2-11,14-15H2,1H3. The van der Waals surface area contributed by atoms with Crippen LogP contribution in [0.3, 0.4) is 0 Å². The van der Waals surface area contributed by atoms with E-state index >= 15 is 0 Å². The maximum Gasteiger partial charge on any atom is 0.273 e. The minimum Gasteiger partial charge on any atom is -0.464 e. The zero-order chi connectivity index (χ0) is 22.5. The van der Waals surface area contributed by atoms with E-state index in [1.54, 1.807) is 10.9 Å². The molecule has 0 aromatic carbocycles. The Hall–Kier alpha value is -1.87. The lowest BCUT2D eigenvalue weighted by Gasteiger charge is -2.31. The summed E-state index contributed by atoms with van der Waals surface area (Å²) in [4.78, 5) is 20.4. The average molecular weight is 467 g/mol. The van der Waals surface area contributed by atoms with Gasteiger partial charge in [-0.3, -0.25) is 14.4 Å². The molecule has 0 atom stereocenters. The van der Waals surface area contributed by atoms with Crippen LogP contribution in [0.1, 0.15) is 54.7 Å². The van der Waals surface area contributed by atoms with Crippen LogP contribution < -0.4 is 4.74 Å². The Morgan fingerprint density at radius 3 is 2.78 bits per heavy atom. The van der Waals surface area contributed by atoms with Crippen LogP contribution in [0.25, 0.3) is 0 Å². The number of hydrogen-bond donors (Lipinski definition) is 0. The molecule has 1 fully saturated rings. The van der Waals surface area contributed by atoms with Crippen molar-refractivity contribution in [2.75, 3.05) is 19.7 Å². The summed E-state index contributed by atoms with van der Waals surface area (Å²) in [5.41, 5.74) is 1.99. The van der Waals surface area contributed by atoms with Crippen molar-refractivity contribution in [3.8, 4) is 5.19 Å². The number of aromatic nitrogens is 3. The van der Waals surface area contributed by atoms with E-state index in [2.05, 4.69) is 15.0 Å². The number of Topliss-reactive ketones (excluding diaryl/α,β-unsaturated/α-hetero) is 1. The van der Waals surface area contributed by atoms with Crippen molar-refractivity contribution in [1.82, 2.24) is 19.7 Å². The van der Waals surface area contributed by atoms with E-state index in [1.807, 2.05) is 13.2 Å². The number of ether oxygens (including phenoxy) is 1. The average Bonchev–Trinajstić information content (AvgIpc) is 3.36. The second-order valence-electron chi connectivity index (χ2n) is 9.20. The second kappa shape index (κ2) is 10.8. The van der Waals surface area contributed by atoms with E-state index in [0.29, 0.717) is 29.7 Å². The Morgan fingerprint density at radius 1 is 1.28 bits per heavy atom. The Bertz CT molecular complexity index is 892. The van der Waals surface area contributed by atoms with E-state index in [9.17, 15) is 13.6 Å². The summed E-state index contributed by atoms with van der Waals surface area (Å²) in [6, 6.07) is 0. The molecule has 0 bridgehead atoms. The van der Waals surface area contributed by atoms with Gasteiger partial charge in [0, 0.05) is 44.1 Å². The highest BCUT2D eigenvalue weighted by Crippen LogP contribution is 2.34. The molecule has 3 heterocycles. The highest BCUT2D eigenvalue weighted by atomic mass is 32.1. The molecule has 9 heteroatoms. The quantitative estimate of drug-likeness (QED) is 0.523. The van der Waals surface area contributed by atoms with Crippen molar-refractivity contribution in [2.45, 2.75) is 64.3 Å². The zero-order valence-electron chi connectivity index (χ0n) is 18.6. The van der Waals surface area contributed by atoms with Gasteiger partial charge in [0.1, 0.15) is 5.78 Å². The minimum absolute atomic E-state index is 0.325. The highest BCUT2D eigenvalue weighted by Gasteiger charge is 2.26. The van der Waals surface area contributed by atoms with E-state index in [-0.39, 0.29) is 0 Å². The third-order valence-electron chi connectivity index (χ3n) is 6.62. The minimum atomic E-state index is -2.47. The second-order valence-corrected chi connectivity index (χ2v) is 10.2. The summed E-state index contributed by atoms with van der Waals surface area (Å²) in [6.07, 6.45) is 9.19. The molecular weight excluding hydrogens is 434 g/mol. The first kappa shape index (κ1) is 23.3. The maximum atomic E-state index is 12.4. The number of carbonyl (C=O) groups is 1. The molecule has 0 spiro atoms. The molecule has 0 saturated heterocycles. The summed E-state index contributed by atoms with van der Waals surface area (Å²) in [7, 11) is 1.87. The lowest BCUT2D eigenvalue weighted by Crippen LogP contribution is -2.32. The predicted octanol–water partition coefficient (Wildman–Crippen LogP) is 4.28. The van der Waals surface area contributed by atoms with Crippen LogP contribution in [0.2, 0.25) is 0 Å². The van der Waals surface area contributed by atoms with Gasteiger partial charge in [-0.1, -0.05) is 24.2 Å². The SMILES string of the molecule is Cn1cc(CC(=O)CC2CCC(CCN3CCc4sc(OCC(F)F)nc4C3)CC2)cn1. The molecule has 4 rings (SSSR count). The van der Waals surface area contributed by atoms with Gasteiger partial charge in [-0.05, 0) is 49.6 Å². The summed E-state index contributed by atoms with van der Waals surface area (Å²) >= 11 is 1.41. The van der Waals surface area contributed by atoms with E-state index in [1.165, 1.54) is 35.5 Å². The van der Waals surface area contributed by atoms with Gasteiger partial charge in [-0.2, -0.15) is 5.10 Å². The molecule has 176 valence electrons. The molecular formula is C23H32F2N4O2S. The van der Waals surface area contributed by atoms with Crippen LogP contribution in [-0.4, -0.2) is 51.6 Å². The van der Waals surface area contributed by atoms with Crippen LogP contribution in [0.4, 0.5) is 8.78 Å². The van der Waals surface area contributed by atoms with E-state index < -0.39 is 13.0 Å². The van der Waals surface area contributed by atoms with Crippen molar-refractivity contribution in [1.29, 1.82) is 0 Å². The largest absolute Gasteiger partial charge is 0.464 e. The molecule has 2 aromatic rings. The molecule has 0 amide bonds. The predicted molar refractivity (Wildman–Crippen MR) is 119 cm³/mol. The number of thiazole rings is 1. The summed E-state index contributed by atoms with van der Waals surface area (Å²) < 4.78 is 31.5. The number of rotatable bonds is 10. The molecule has 1 saturated carbocycles. The number of hydrogen-bond acceptors (Lipinski definition) is 6. The van der Waals surface area contributed by atoms with Gasteiger partial charge in [0.2, 0.25) is 0 Å². The molecule has 0 radical (unpaired) electrons. The number of ketones is 1. The van der Waals surface area contributed by atoms with Gasteiger partial charge < -0.3 is 4.74 Å². The normalized spacial score (nSPS) is 21.6. The molecule has 2 aromatic heterocycles. The van der Waals surface area contributed by atoms with E-state index in [4.69, 9.17) is 4.74 Å². The van der Waals surface area contributed by atoms with Gasteiger partial charge in [0.15, 0.2) is 6.61 Å². The lowest BCUT2D eigenvalue weighted by atomic mass is 9.78. The number of aryl methyl sites for hydroxylation is 1. The smallest absolute Gasteiger partial charge is 0.273 e. The van der Waals surface area contributed by atoms with E-state index in [0.717, 1.165) is 56.1 Å². The number of fused-ring (bicyclic) bond motifs is 1. The van der Waals surface area contributed by atoms with Crippen molar-refractivity contribution in [3.63, 3.8) is 0 Å². The number of nitrogens with zero attached hydrogens (tertiary/aromatic N) is 4. The van der Waals surface area contributed by atoms with Crippen LogP contribution in [-0.2, 0) is 31.2 Å². The fourth-order valence-corrected chi connectivity index (χ4v) is 5.81. The lowest BCUT2D eigenvalue weighted by molar-refractivity contribution is -0.119. The van der Waals surface area contributed by atoms with Gasteiger partial charge in [0.25, 0.3) is 11.6 Å². The van der Waals surface area contributed by atoms with Gasteiger partial charge in [-0.25, -0.2) is 13.8 Å². The third kappa shape index (κ3) is 6.57. The van der Waals surface area contributed by atoms with Crippen LogP contribution in [0.5, 0.6) is 5.19 Å². The van der Waals surface area contributed by atoms with Gasteiger partial charge in [0.05, 0.1) is 11.9 Å².